The minimum Gasteiger partial charge on any atom is -0.465 e. The Kier molecular flexibility index (Phi) is 5.87. The average Bonchev–Trinajstić information content (AvgIpc) is 3.18. The molecule has 1 aliphatic rings. The van der Waals surface area contributed by atoms with Gasteiger partial charge in [0.1, 0.15) is 0 Å². The SMILES string of the molecule is COC(=O)c1ccccc1NC(=O)CN1CCC(c2nc3ccccc3s2)CC1. The molecular weight excluding hydrogens is 386 g/mol. The van der Waals surface area contributed by atoms with E-state index in [0.717, 1.165) is 31.4 Å². The Morgan fingerprint density at radius 2 is 1.86 bits per heavy atom. The number of rotatable bonds is 5. The number of carbonyl (C=O) groups is 2. The van der Waals surface area contributed by atoms with Crippen LogP contribution in [-0.4, -0.2) is 48.5 Å². The molecule has 1 amide bonds. The molecule has 1 fully saturated rings. The molecule has 3 aromatic rings. The number of nitrogens with one attached hydrogen (secondary N) is 1. The monoisotopic (exact) mass is 409 g/mol. The van der Waals surface area contributed by atoms with Crippen LogP contribution in [-0.2, 0) is 9.53 Å². The molecule has 0 atom stereocenters. The third-order valence-corrected chi connectivity index (χ3v) is 6.42. The number of hydrogen-bond donors (Lipinski definition) is 1. The second-order valence-corrected chi connectivity index (χ2v) is 8.22. The number of hydrogen-bond acceptors (Lipinski definition) is 6. The summed E-state index contributed by atoms with van der Waals surface area (Å²) in [4.78, 5) is 31.3. The molecule has 0 radical (unpaired) electrons. The van der Waals surface area contributed by atoms with E-state index in [0.29, 0.717) is 23.7 Å². The van der Waals surface area contributed by atoms with E-state index in [1.807, 2.05) is 12.1 Å². The zero-order chi connectivity index (χ0) is 20.2. The summed E-state index contributed by atoms with van der Waals surface area (Å²) in [5.74, 6) is -0.135. The maximum Gasteiger partial charge on any atom is 0.339 e. The summed E-state index contributed by atoms with van der Waals surface area (Å²) in [6.07, 6.45) is 1.98. The number of esters is 1. The number of nitrogens with zero attached hydrogens (tertiary/aromatic N) is 2. The highest BCUT2D eigenvalue weighted by Crippen LogP contribution is 2.33. The van der Waals surface area contributed by atoms with Gasteiger partial charge in [0.15, 0.2) is 0 Å². The van der Waals surface area contributed by atoms with Crippen LogP contribution in [0.3, 0.4) is 0 Å². The number of fused-ring (bicyclic) bond motifs is 1. The van der Waals surface area contributed by atoms with E-state index in [1.165, 1.54) is 16.8 Å². The Morgan fingerprint density at radius 1 is 1.14 bits per heavy atom. The molecule has 1 aromatic heterocycles. The summed E-state index contributed by atoms with van der Waals surface area (Å²) in [7, 11) is 1.33. The standard InChI is InChI=1S/C22H23N3O3S/c1-28-22(27)16-6-2-3-7-17(16)23-20(26)14-25-12-10-15(11-13-25)21-24-18-8-4-5-9-19(18)29-21/h2-9,15H,10-14H2,1H3,(H,23,26). The van der Waals surface area contributed by atoms with Gasteiger partial charge < -0.3 is 10.1 Å². The Hall–Kier alpha value is -2.77. The molecule has 1 saturated heterocycles. The predicted octanol–water partition coefficient (Wildman–Crippen LogP) is 3.90. The van der Waals surface area contributed by atoms with E-state index in [2.05, 4.69) is 22.3 Å². The van der Waals surface area contributed by atoms with E-state index < -0.39 is 5.97 Å². The first kappa shape index (κ1) is 19.5. The first-order valence-electron chi connectivity index (χ1n) is 9.69. The molecular formula is C22H23N3O3S. The van der Waals surface area contributed by atoms with Crippen molar-refractivity contribution in [2.24, 2.45) is 0 Å². The normalized spacial score (nSPS) is 15.3. The summed E-state index contributed by atoms with van der Waals surface area (Å²) >= 11 is 1.77. The Labute approximate surface area is 173 Å². The third kappa shape index (κ3) is 4.46. The minimum atomic E-state index is -0.461. The number of benzene rings is 2. The molecule has 2 aromatic carbocycles. The molecule has 0 bridgehead atoms. The number of ether oxygens (including phenoxy) is 1. The average molecular weight is 410 g/mol. The fourth-order valence-corrected chi connectivity index (χ4v) is 4.81. The zero-order valence-corrected chi connectivity index (χ0v) is 17.1. The Bertz CT molecular complexity index is 992. The molecule has 4 rings (SSSR count). The summed E-state index contributed by atoms with van der Waals surface area (Å²) in [5.41, 5.74) is 1.91. The van der Waals surface area contributed by atoms with Gasteiger partial charge in [-0.25, -0.2) is 9.78 Å². The second-order valence-electron chi connectivity index (χ2n) is 7.16. The van der Waals surface area contributed by atoms with E-state index in [-0.39, 0.29) is 5.91 Å². The van der Waals surface area contributed by atoms with Gasteiger partial charge in [0.05, 0.1) is 40.1 Å². The molecule has 0 spiro atoms. The molecule has 0 aliphatic carbocycles. The quantitative estimate of drug-likeness (QED) is 0.647. The number of anilines is 1. The number of carbonyl (C=O) groups excluding carboxylic acids is 2. The highest BCUT2D eigenvalue weighted by atomic mass is 32.1. The zero-order valence-electron chi connectivity index (χ0n) is 16.3. The van der Waals surface area contributed by atoms with Crippen LogP contribution >= 0.6 is 11.3 Å². The van der Waals surface area contributed by atoms with Crippen molar-refractivity contribution in [1.29, 1.82) is 0 Å². The lowest BCUT2D eigenvalue weighted by Gasteiger charge is -2.30. The number of para-hydroxylation sites is 2. The van der Waals surface area contributed by atoms with E-state index in [9.17, 15) is 9.59 Å². The minimum absolute atomic E-state index is 0.125. The van der Waals surface area contributed by atoms with Crippen LogP contribution in [0.2, 0.25) is 0 Å². The number of piperidine rings is 1. The molecule has 29 heavy (non-hydrogen) atoms. The summed E-state index contributed by atoms with van der Waals surface area (Å²) in [6.45, 7) is 2.02. The summed E-state index contributed by atoms with van der Waals surface area (Å²) in [6, 6.07) is 15.1. The van der Waals surface area contributed by atoms with Gasteiger partial charge in [-0.05, 0) is 50.2 Å². The van der Waals surface area contributed by atoms with Gasteiger partial charge in [0.2, 0.25) is 5.91 Å². The van der Waals surface area contributed by atoms with Gasteiger partial charge in [0, 0.05) is 5.92 Å². The van der Waals surface area contributed by atoms with Crippen molar-refractivity contribution in [1.82, 2.24) is 9.88 Å². The van der Waals surface area contributed by atoms with Gasteiger partial charge in [-0.2, -0.15) is 0 Å². The fraction of sp³-hybridized carbons (Fsp3) is 0.318. The molecule has 6 nitrogen and oxygen atoms in total. The maximum atomic E-state index is 12.5. The first-order chi connectivity index (χ1) is 14.1. The van der Waals surface area contributed by atoms with E-state index in [4.69, 9.17) is 9.72 Å². The van der Waals surface area contributed by atoms with E-state index in [1.54, 1.807) is 35.6 Å². The highest BCUT2D eigenvalue weighted by molar-refractivity contribution is 7.18. The smallest absolute Gasteiger partial charge is 0.339 e. The van der Waals surface area contributed by atoms with Crippen molar-refractivity contribution in [2.75, 3.05) is 32.1 Å². The third-order valence-electron chi connectivity index (χ3n) is 5.22. The van der Waals surface area contributed by atoms with Crippen LogP contribution in [0.1, 0.15) is 34.1 Å². The van der Waals surface area contributed by atoms with Crippen LogP contribution in [0.25, 0.3) is 10.2 Å². The van der Waals surface area contributed by atoms with Crippen molar-refractivity contribution in [3.8, 4) is 0 Å². The van der Waals surface area contributed by atoms with E-state index >= 15 is 0 Å². The highest BCUT2D eigenvalue weighted by Gasteiger charge is 2.24. The number of thiazole rings is 1. The second kappa shape index (κ2) is 8.71. The summed E-state index contributed by atoms with van der Waals surface area (Å²) in [5, 5.41) is 4.04. The molecule has 0 saturated carbocycles. The Morgan fingerprint density at radius 3 is 2.62 bits per heavy atom. The molecule has 2 heterocycles. The van der Waals surface area contributed by atoms with Crippen molar-refractivity contribution in [3.05, 3.63) is 59.1 Å². The fourth-order valence-electron chi connectivity index (χ4n) is 3.68. The number of likely N-dealkylation sites (tertiary alicyclic amines) is 1. The molecule has 0 unspecified atom stereocenters. The lowest BCUT2D eigenvalue weighted by molar-refractivity contribution is -0.117. The Balaban J connectivity index is 1.33. The summed E-state index contributed by atoms with van der Waals surface area (Å²) < 4.78 is 6.01. The molecule has 150 valence electrons. The van der Waals surface area contributed by atoms with Gasteiger partial charge >= 0.3 is 5.97 Å². The van der Waals surface area contributed by atoms with Gasteiger partial charge in [-0.3, -0.25) is 9.69 Å². The first-order valence-corrected chi connectivity index (χ1v) is 10.5. The van der Waals surface area contributed by atoms with Crippen molar-refractivity contribution in [3.63, 3.8) is 0 Å². The molecule has 1 aliphatic heterocycles. The topological polar surface area (TPSA) is 71.5 Å². The van der Waals surface area contributed by atoms with Crippen molar-refractivity contribution >= 4 is 39.1 Å². The van der Waals surface area contributed by atoms with Crippen LogP contribution in [0.4, 0.5) is 5.69 Å². The van der Waals surface area contributed by atoms with Crippen molar-refractivity contribution in [2.45, 2.75) is 18.8 Å². The van der Waals surface area contributed by atoms with Crippen LogP contribution in [0, 0.1) is 0 Å². The lowest BCUT2D eigenvalue weighted by Crippen LogP contribution is -2.38. The number of amides is 1. The van der Waals surface area contributed by atoms with Gasteiger partial charge in [-0.1, -0.05) is 24.3 Å². The van der Waals surface area contributed by atoms with Crippen LogP contribution in [0.15, 0.2) is 48.5 Å². The predicted molar refractivity (Wildman–Crippen MR) is 114 cm³/mol. The van der Waals surface area contributed by atoms with Gasteiger partial charge in [-0.15, -0.1) is 11.3 Å². The molecule has 1 N–H and O–H groups in total. The molecule has 7 heteroatoms. The van der Waals surface area contributed by atoms with Crippen LogP contribution < -0.4 is 5.32 Å². The number of methoxy groups -OCH3 is 1. The van der Waals surface area contributed by atoms with Crippen LogP contribution in [0.5, 0.6) is 0 Å². The van der Waals surface area contributed by atoms with Crippen molar-refractivity contribution < 1.29 is 14.3 Å². The lowest BCUT2D eigenvalue weighted by atomic mass is 9.97. The van der Waals surface area contributed by atoms with Gasteiger partial charge in [0.25, 0.3) is 0 Å². The number of aromatic nitrogens is 1. The maximum absolute atomic E-state index is 12.5. The largest absolute Gasteiger partial charge is 0.465 e.